The summed E-state index contributed by atoms with van der Waals surface area (Å²) in [5.41, 5.74) is 5.58. The van der Waals surface area contributed by atoms with Crippen molar-refractivity contribution in [2.24, 2.45) is 5.73 Å². The highest BCUT2D eigenvalue weighted by atomic mass is 16.2. The molecular formula is C9H13N3O. The third kappa shape index (κ3) is 1.87. The Morgan fingerprint density at radius 2 is 2.62 bits per heavy atom. The van der Waals surface area contributed by atoms with Crippen LogP contribution in [0.4, 0.5) is 0 Å². The zero-order chi connectivity index (χ0) is 9.84. The largest absolute Gasteiger partial charge is 0.320 e. The molecule has 0 aromatic heterocycles. The lowest BCUT2D eigenvalue weighted by Gasteiger charge is -2.22. The summed E-state index contributed by atoms with van der Waals surface area (Å²) in [5.74, 6) is -0.140. The van der Waals surface area contributed by atoms with Gasteiger partial charge in [-0.15, -0.1) is 0 Å². The molecule has 0 saturated carbocycles. The molecule has 0 bridgehead atoms. The molecule has 13 heavy (non-hydrogen) atoms. The number of rotatable bonds is 2. The van der Waals surface area contributed by atoms with Crippen molar-refractivity contribution in [3.63, 3.8) is 0 Å². The highest BCUT2D eigenvalue weighted by Gasteiger charge is 2.27. The van der Waals surface area contributed by atoms with E-state index in [1.165, 1.54) is 4.90 Å². The third-order valence-corrected chi connectivity index (χ3v) is 2.13. The van der Waals surface area contributed by atoms with Crippen LogP contribution in [0.1, 0.15) is 13.3 Å². The van der Waals surface area contributed by atoms with Gasteiger partial charge in [0.25, 0.3) is 0 Å². The predicted molar refractivity (Wildman–Crippen MR) is 48.5 cm³/mol. The fourth-order valence-corrected chi connectivity index (χ4v) is 1.25. The van der Waals surface area contributed by atoms with E-state index >= 15 is 0 Å². The summed E-state index contributed by atoms with van der Waals surface area (Å²) >= 11 is 0. The summed E-state index contributed by atoms with van der Waals surface area (Å²) in [5, 5.41) is 8.70. The fraction of sp³-hybridized carbons (Fsp3) is 0.556. The Kier molecular flexibility index (Phi) is 3.04. The van der Waals surface area contributed by atoms with Gasteiger partial charge in [-0.1, -0.05) is 13.0 Å². The molecule has 4 nitrogen and oxygen atoms in total. The van der Waals surface area contributed by atoms with Crippen LogP contribution in [0.25, 0.3) is 0 Å². The second kappa shape index (κ2) is 4.06. The van der Waals surface area contributed by atoms with E-state index in [1.54, 1.807) is 6.08 Å². The van der Waals surface area contributed by atoms with Crippen molar-refractivity contribution < 1.29 is 4.79 Å². The molecule has 1 heterocycles. The van der Waals surface area contributed by atoms with Crippen molar-refractivity contribution in [1.29, 1.82) is 5.26 Å². The number of nitrogens with two attached hydrogens (primary N) is 1. The van der Waals surface area contributed by atoms with Gasteiger partial charge in [-0.05, 0) is 12.5 Å². The highest BCUT2D eigenvalue weighted by Crippen LogP contribution is 2.10. The van der Waals surface area contributed by atoms with E-state index in [2.05, 4.69) is 0 Å². The van der Waals surface area contributed by atoms with Crippen LogP contribution in [-0.2, 0) is 4.79 Å². The number of hydrogen-bond donors (Lipinski definition) is 1. The van der Waals surface area contributed by atoms with Gasteiger partial charge < -0.3 is 10.6 Å². The normalized spacial score (nSPS) is 22.8. The topological polar surface area (TPSA) is 70.1 Å². The minimum absolute atomic E-state index is 0.140. The summed E-state index contributed by atoms with van der Waals surface area (Å²) in [6.45, 7) is 2.36. The maximum absolute atomic E-state index is 11.6. The van der Waals surface area contributed by atoms with E-state index in [-0.39, 0.29) is 5.91 Å². The van der Waals surface area contributed by atoms with Crippen molar-refractivity contribution in [1.82, 2.24) is 4.90 Å². The molecule has 0 spiro atoms. The van der Waals surface area contributed by atoms with E-state index in [1.807, 2.05) is 19.1 Å². The van der Waals surface area contributed by atoms with Crippen molar-refractivity contribution in [2.75, 3.05) is 6.54 Å². The lowest BCUT2D eigenvalue weighted by Crippen LogP contribution is -2.45. The van der Waals surface area contributed by atoms with Crippen LogP contribution in [0.2, 0.25) is 0 Å². The van der Waals surface area contributed by atoms with Crippen molar-refractivity contribution in [2.45, 2.75) is 25.4 Å². The molecule has 0 aromatic rings. The molecule has 0 aromatic carbocycles. The van der Waals surface area contributed by atoms with Gasteiger partial charge >= 0.3 is 0 Å². The molecule has 0 radical (unpaired) electrons. The van der Waals surface area contributed by atoms with Crippen LogP contribution >= 0.6 is 0 Å². The highest BCUT2D eigenvalue weighted by molar-refractivity contribution is 5.83. The summed E-state index contributed by atoms with van der Waals surface area (Å²) in [7, 11) is 0. The van der Waals surface area contributed by atoms with Gasteiger partial charge in [0.05, 0.1) is 12.1 Å². The van der Waals surface area contributed by atoms with E-state index < -0.39 is 12.1 Å². The molecule has 0 saturated heterocycles. The number of nitrogens with zero attached hydrogens (tertiary/aromatic N) is 2. The van der Waals surface area contributed by atoms with Crippen LogP contribution < -0.4 is 5.73 Å². The Hall–Kier alpha value is -1.34. The summed E-state index contributed by atoms with van der Waals surface area (Å²) < 4.78 is 0. The second-order valence-corrected chi connectivity index (χ2v) is 3.01. The molecule has 70 valence electrons. The van der Waals surface area contributed by atoms with Gasteiger partial charge in [0, 0.05) is 6.54 Å². The van der Waals surface area contributed by atoms with Crippen LogP contribution in [0.15, 0.2) is 12.2 Å². The molecule has 4 heteroatoms. The summed E-state index contributed by atoms with van der Waals surface area (Å²) in [4.78, 5) is 13.0. The van der Waals surface area contributed by atoms with Gasteiger partial charge in [0.15, 0.2) is 0 Å². The molecule has 0 aliphatic carbocycles. The Balaban J connectivity index is 2.64. The minimum Gasteiger partial charge on any atom is -0.320 e. The molecule has 1 amide bonds. The number of hydrogen-bond acceptors (Lipinski definition) is 3. The van der Waals surface area contributed by atoms with Gasteiger partial charge in [0.2, 0.25) is 5.91 Å². The molecule has 1 aliphatic heterocycles. The van der Waals surface area contributed by atoms with Crippen molar-refractivity contribution in [3.8, 4) is 6.07 Å². The lowest BCUT2D eigenvalue weighted by molar-refractivity contribution is -0.132. The average Bonchev–Trinajstić information content (AvgIpc) is 2.62. The lowest BCUT2D eigenvalue weighted by atomic mass is 10.2. The minimum atomic E-state index is -0.476. The number of carbonyl (C=O) groups is 1. The SMILES string of the molecule is CCC(N)C(=O)N1CC=C[C@H]1C#N. The Morgan fingerprint density at radius 1 is 1.92 bits per heavy atom. The van der Waals surface area contributed by atoms with Gasteiger partial charge in [-0.25, -0.2) is 0 Å². The molecule has 1 aliphatic rings. The standard InChI is InChI=1S/C9H13N3O/c1-2-8(11)9(13)12-5-3-4-7(12)6-10/h3-4,7-8H,2,5,11H2,1H3/t7-,8?/m0/s1. The second-order valence-electron chi connectivity index (χ2n) is 3.01. The van der Waals surface area contributed by atoms with Crippen LogP contribution in [0, 0.1) is 11.3 Å². The van der Waals surface area contributed by atoms with Crippen LogP contribution in [-0.4, -0.2) is 29.4 Å². The molecule has 0 fully saturated rings. The Labute approximate surface area is 77.6 Å². The maximum Gasteiger partial charge on any atom is 0.241 e. The molecular weight excluding hydrogens is 166 g/mol. The first-order chi connectivity index (χ1) is 6.20. The molecule has 2 N–H and O–H groups in total. The third-order valence-electron chi connectivity index (χ3n) is 2.13. The quantitative estimate of drug-likeness (QED) is 0.607. The number of carbonyl (C=O) groups excluding carboxylic acids is 1. The first-order valence-corrected chi connectivity index (χ1v) is 4.33. The summed E-state index contributed by atoms with van der Waals surface area (Å²) in [6, 6.07) is 1.13. The summed E-state index contributed by atoms with van der Waals surface area (Å²) in [6.07, 6.45) is 4.14. The Bertz CT molecular complexity index is 267. The molecule has 2 atom stereocenters. The molecule has 1 unspecified atom stereocenters. The van der Waals surface area contributed by atoms with E-state index in [9.17, 15) is 4.79 Å². The van der Waals surface area contributed by atoms with Crippen LogP contribution in [0.5, 0.6) is 0 Å². The van der Waals surface area contributed by atoms with E-state index in [0.717, 1.165) is 0 Å². The predicted octanol–water partition coefficient (Wildman–Crippen LogP) is 0.0143. The van der Waals surface area contributed by atoms with Crippen LogP contribution in [0.3, 0.4) is 0 Å². The van der Waals surface area contributed by atoms with Gasteiger partial charge in [0.1, 0.15) is 6.04 Å². The van der Waals surface area contributed by atoms with Gasteiger partial charge in [-0.3, -0.25) is 4.79 Å². The average molecular weight is 179 g/mol. The monoisotopic (exact) mass is 179 g/mol. The first kappa shape index (κ1) is 9.75. The maximum atomic E-state index is 11.6. The fourth-order valence-electron chi connectivity index (χ4n) is 1.25. The van der Waals surface area contributed by atoms with E-state index in [0.29, 0.717) is 13.0 Å². The smallest absolute Gasteiger partial charge is 0.241 e. The van der Waals surface area contributed by atoms with Gasteiger partial charge in [-0.2, -0.15) is 5.26 Å². The first-order valence-electron chi connectivity index (χ1n) is 4.33. The Morgan fingerprint density at radius 3 is 3.15 bits per heavy atom. The number of amides is 1. The zero-order valence-electron chi connectivity index (χ0n) is 7.60. The molecule has 1 rings (SSSR count). The zero-order valence-corrected chi connectivity index (χ0v) is 7.60. The van der Waals surface area contributed by atoms with E-state index in [4.69, 9.17) is 11.0 Å². The number of nitriles is 1. The van der Waals surface area contributed by atoms with Crippen molar-refractivity contribution in [3.05, 3.63) is 12.2 Å². The van der Waals surface area contributed by atoms with Crippen molar-refractivity contribution >= 4 is 5.91 Å².